The van der Waals surface area contributed by atoms with Crippen LogP contribution in [0.4, 0.5) is 0 Å². The molecule has 124 valence electrons. The Kier molecular flexibility index (Phi) is 4.95. The van der Waals surface area contributed by atoms with E-state index in [4.69, 9.17) is 9.26 Å². The summed E-state index contributed by atoms with van der Waals surface area (Å²) in [6, 6.07) is 8.96. The first kappa shape index (κ1) is 16.3. The predicted molar refractivity (Wildman–Crippen MR) is 90.1 cm³/mol. The van der Waals surface area contributed by atoms with Gasteiger partial charge in [-0.25, -0.2) is 4.98 Å². The Morgan fingerprint density at radius 3 is 2.92 bits per heavy atom. The fourth-order valence-electron chi connectivity index (χ4n) is 2.12. The molecular formula is C16H16N4O3S. The van der Waals surface area contributed by atoms with Gasteiger partial charge >= 0.3 is 0 Å². The highest BCUT2D eigenvalue weighted by atomic mass is 32.2. The fourth-order valence-corrected chi connectivity index (χ4v) is 2.85. The van der Waals surface area contributed by atoms with Gasteiger partial charge in [0.2, 0.25) is 11.7 Å². The third-order valence-corrected chi connectivity index (χ3v) is 4.14. The summed E-state index contributed by atoms with van der Waals surface area (Å²) in [5.74, 6) is 2.01. The molecule has 0 unspecified atom stereocenters. The normalized spacial score (nSPS) is 10.8. The average molecular weight is 344 g/mol. The summed E-state index contributed by atoms with van der Waals surface area (Å²) in [5, 5.41) is 4.53. The van der Waals surface area contributed by atoms with Gasteiger partial charge < -0.3 is 14.2 Å². The van der Waals surface area contributed by atoms with Gasteiger partial charge in [-0.3, -0.25) is 4.79 Å². The van der Waals surface area contributed by atoms with Crippen LogP contribution in [0, 0.1) is 0 Å². The van der Waals surface area contributed by atoms with Gasteiger partial charge in [0.15, 0.2) is 5.16 Å². The van der Waals surface area contributed by atoms with E-state index in [1.165, 1.54) is 17.8 Å². The number of methoxy groups -OCH3 is 1. The maximum atomic E-state index is 11.6. The molecule has 1 aromatic carbocycles. The lowest BCUT2D eigenvalue weighted by Gasteiger charge is -2.03. The highest BCUT2D eigenvalue weighted by molar-refractivity contribution is 7.98. The molecular weight excluding hydrogens is 328 g/mol. The van der Waals surface area contributed by atoms with Crippen molar-refractivity contribution in [1.29, 1.82) is 0 Å². The first-order chi connectivity index (χ1) is 11.7. The van der Waals surface area contributed by atoms with Crippen molar-refractivity contribution in [1.82, 2.24) is 20.1 Å². The lowest BCUT2D eigenvalue weighted by Crippen LogP contribution is -2.09. The number of ether oxygens (including phenoxy) is 1. The van der Waals surface area contributed by atoms with Gasteiger partial charge in [0.1, 0.15) is 5.75 Å². The van der Waals surface area contributed by atoms with Crippen molar-refractivity contribution in [2.75, 3.05) is 7.11 Å². The molecule has 0 aliphatic rings. The Morgan fingerprint density at radius 1 is 1.29 bits per heavy atom. The minimum Gasteiger partial charge on any atom is -0.496 e. The van der Waals surface area contributed by atoms with Crippen LogP contribution in [0.1, 0.15) is 18.5 Å². The smallest absolute Gasteiger partial charge is 0.251 e. The molecule has 1 N–H and O–H groups in total. The van der Waals surface area contributed by atoms with Crippen LogP contribution in [0.25, 0.3) is 11.4 Å². The van der Waals surface area contributed by atoms with Crippen LogP contribution in [-0.2, 0) is 12.2 Å². The topological polar surface area (TPSA) is 93.9 Å². The standard InChI is InChI=1S/C16H16N4O3S/c1-3-10-8-13(21)18-16(17-10)24-9-14-19-15(20-23-14)11-6-4-5-7-12(11)22-2/h4-8H,3,9H2,1-2H3,(H,17,18,21). The molecule has 2 heterocycles. The van der Waals surface area contributed by atoms with Crippen molar-refractivity contribution in [2.45, 2.75) is 24.3 Å². The Labute approximate surface area is 142 Å². The second-order valence-electron chi connectivity index (χ2n) is 4.90. The van der Waals surface area contributed by atoms with Gasteiger partial charge in [0, 0.05) is 11.8 Å². The molecule has 0 atom stereocenters. The van der Waals surface area contributed by atoms with E-state index in [0.29, 0.717) is 34.8 Å². The van der Waals surface area contributed by atoms with Crippen LogP contribution in [0.3, 0.4) is 0 Å². The molecule has 0 bridgehead atoms. The fraction of sp³-hybridized carbons (Fsp3) is 0.250. The van der Waals surface area contributed by atoms with Crippen LogP contribution in [0.2, 0.25) is 0 Å². The Hall–Kier alpha value is -2.61. The zero-order valence-corrected chi connectivity index (χ0v) is 14.1. The molecule has 24 heavy (non-hydrogen) atoms. The molecule has 0 aliphatic heterocycles. The van der Waals surface area contributed by atoms with E-state index in [0.717, 1.165) is 11.3 Å². The molecule has 0 amide bonds. The van der Waals surface area contributed by atoms with Crippen molar-refractivity contribution in [2.24, 2.45) is 0 Å². The summed E-state index contributed by atoms with van der Waals surface area (Å²) in [4.78, 5) is 23.0. The number of hydrogen-bond donors (Lipinski definition) is 1. The molecule has 0 spiro atoms. The summed E-state index contributed by atoms with van der Waals surface area (Å²) in [6.45, 7) is 1.95. The van der Waals surface area contributed by atoms with Gasteiger partial charge in [-0.2, -0.15) is 4.98 Å². The SMILES string of the molecule is CCc1cc(=O)[nH]c(SCc2nc(-c3ccccc3OC)no2)n1. The van der Waals surface area contributed by atoms with Gasteiger partial charge in [-0.1, -0.05) is 36.0 Å². The lowest BCUT2D eigenvalue weighted by atomic mass is 10.2. The summed E-state index contributed by atoms with van der Waals surface area (Å²) in [6.07, 6.45) is 0.704. The summed E-state index contributed by atoms with van der Waals surface area (Å²) in [5.41, 5.74) is 1.35. The molecule has 3 aromatic rings. The van der Waals surface area contributed by atoms with Crippen molar-refractivity contribution in [3.63, 3.8) is 0 Å². The van der Waals surface area contributed by atoms with E-state index in [2.05, 4.69) is 20.1 Å². The van der Waals surface area contributed by atoms with Crippen molar-refractivity contribution < 1.29 is 9.26 Å². The third kappa shape index (κ3) is 3.65. The number of nitrogens with zero attached hydrogens (tertiary/aromatic N) is 3. The highest BCUT2D eigenvalue weighted by Gasteiger charge is 2.13. The molecule has 2 aromatic heterocycles. The lowest BCUT2D eigenvalue weighted by molar-refractivity contribution is 0.390. The molecule has 0 aliphatic carbocycles. The van der Waals surface area contributed by atoms with E-state index in [9.17, 15) is 4.79 Å². The Morgan fingerprint density at radius 2 is 2.12 bits per heavy atom. The molecule has 3 rings (SSSR count). The van der Waals surface area contributed by atoms with Gasteiger partial charge in [0.05, 0.1) is 18.4 Å². The number of H-pyrrole nitrogens is 1. The number of aromatic amines is 1. The van der Waals surface area contributed by atoms with Crippen LogP contribution < -0.4 is 10.3 Å². The van der Waals surface area contributed by atoms with E-state index < -0.39 is 0 Å². The van der Waals surface area contributed by atoms with Gasteiger partial charge in [0.25, 0.3) is 5.56 Å². The van der Waals surface area contributed by atoms with Crippen LogP contribution >= 0.6 is 11.8 Å². The zero-order chi connectivity index (χ0) is 16.9. The van der Waals surface area contributed by atoms with Crippen molar-refractivity contribution in [3.8, 4) is 17.1 Å². The van der Waals surface area contributed by atoms with Gasteiger partial charge in [-0.15, -0.1) is 0 Å². The molecule has 0 radical (unpaired) electrons. The molecule has 7 nitrogen and oxygen atoms in total. The van der Waals surface area contributed by atoms with Crippen LogP contribution in [-0.4, -0.2) is 27.2 Å². The van der Waals surface area contributed by atoms with Gasteiger partial charge in [-0.05, 0) is 18.6 Å². The largest absolute Gasteiger partial charge is 0.496 e. The number of para-hydroxylation sites is 1. The number of hydrogen-bond acceptors (Lipinski definition) is 7. The quantitative estimate of drug-likeness (QED) is 0.542. The van der Waals surface area contributed by atoms with E-state index in [1.54, 1.807) is 7.11 Å². The zero-order valence-electron chi connectivity index (χ0n) is 13.3. The Balaban J connectivity index is 1.75. The first-order valence-electron chi connectivity index (χ1n) is 7.38. The predicted octanol–water partition coefficient (Wildman–Crippen LogP) is 2.68. The molecule has 0 saturated carbocycles. The first-order valence-corrected chi connectivity index (χ1v) is 8.37. The van der Waals surface area contributed by atoms with Crippen molar-refractivity contribution in [3.05, 3.63) is 52.3 Å². The maximum absolute atomic E-state index is 11.6. The molecule has 8 heteroatoms. The van der Waals surface area contributed by atoms with E-state index in [1.807, 2.05) is 31.2 Å². The summed E-state index contributed by atoms with van der Waals surface area (Å²) >= 11 is 1.34. The average Bonchev–Trinajstić information content (AvgIpc) is 3.08. The monoisotopic (exact) mass is 344 g/mol. The number of aromatic nitrogens is 4. The Bertz CT molecular complexity index is 891. The minimum atomic E-state index is -0.162. The van der Waals surface area contributed by atoms with E-state index in [-0.39, 0.29) is 5.56 Å². The van der Waals surface area contributed by atoms with Crippen LogP contribution in [0.15, 0.2) is 44.8 Å². The number of benzene rings is 1. The van der Waals surface area contributed by atoms with Crippen molar-refractivity contribution >= 4 is 11.8 Å². The second kappa shape index (κ2) is 7.31. The molecule has 0 saturated heterocycles. The highest BCUT2D eigenvalue weighted by Crippen LogP contribution is 2.28. The van der Waals surface area contributed by atoms with Crippen LogP contribution in [0.5, 0.6) is 5.75 Å². The van der Waals surface area contributed by atoms with E-state index >= 15 is 0 Å². The summed E-state index contributed by atoms with van der Waals surface area (Å²) < 4.78 is 10.6. The summed E-state index contributed by atoms with van der Waals surface area (Å²) in [7, 11) is 1.60. The molecule has 0 fully saturated rings. The number of aryl methyl sites for hydroxylation is 1. The third-order valence-electron chi connectivity index (χ3n) is 3.28. The number of nitrogens with one attached hydrogen (secondary N) is 1. The maximum Gasteiger partial charge on any atom is 0.251 e. The minimum absolute atomic E-state index is 0.162. The number of rotatable bonds is 6. The second-order valence-corrected chi connectivity index (χ2v) is 5.86. The number of thioether (sulfide) groups is 1.